The number of fused-ring (bicyclic) bond motifs is 1. The molecule has 1 amide bonds. The number of rotatable bonds is 4. The number of carbonyl (C=O) groups excluding carboxylic acids is 1. The van der Waals surface area contributed by atoms with E-state index in [1.165, 1.54) is 0 Å². The van der Waals surface area contributed by atoms with Gasteiger partial charge in [-0.25, -0.2) is 4.79 Å². The second-order valence-corrected chi connectivity index (χ2v) is 4.65. The van der Waals surface area contributed by atoms with E-state index in [0.717, 1.165) is 16.5 Å². The number of hydrogen-bond acceptors (Lipinski definition) is 5. The summed E-state index contributed by atoms with van der Waals surface area (Å²) in [4.78, 5) is 14.2. The zero-order chi connectivity index (χ0) is 14.8. The molecule has 0 spiro atoms. The van der Waals surface area contributed by atoms with Crippen LogP contribution in [0.1, 0.15) is 23.4 Å². The number of hydrogen-bond donors (Lipinski definition) is 2. The predicted octanol–water partition coefficient (Wildman–Crippen LogP) is 2.24. The summed E-state index contributed by atoms with van der Waals surface area (Å²) in [7, 11) is 0. The number of ether oxygens (including phenoxy) is 1. The molecule has 1 atom stereocenters. The lowest BCUT2D eigenvalue weighted by atomic mass is 10.1. The van der Waals surface area contributed by atoms with Crippen LogP contribution in [0.5, 0.6) is 0 Å². The van der Waals surface area contributed by atoms with Crippen LogP contribution in [0, 0.1) is 6.92 Å². The zero-order valence-corrected chi connectivity index (χ0v) is 11.4. The van der Waals surface area contributed by atoms with Crippen molar-refractivity contribution in [1.29, 1.82) is 0 Å². The van der Waals surface area contributed by atoms with Gasteiger partial charge >= 0.3 is 6.09 Å². The third kappa shape index (κ3) is 2.71. The van der Waals surface area contributed by atoms with Gasteiger partial charge in [-0.05, 0) is 11.6 Å². The van der Waals surface area contributed by atoms with Crippen LogP contribution in [0.3, 0.4) is 0 Å². The average Bonchev–Trinajstić information content (AvgIpc) is 3.05. The van der Waals surface area contributed by atoms with Crippen molar-refractivity contribution < 1.29 is 13.9 Å². The van der Waals surface area contributed by atoms with Gasteiger partial charge in [-0.15, -0.1) is 10.2 Å². The van der Waals surface area contributed by atoms with E-state index in [9.17, 15) is 4.79 Å². The lowest BCUT2D eigenvalue weighted by Crippen LogP contribution is -2.19. The fraction of sp³-hybridized carbons (Fsp3) is 0.214. The van der Waals surface area contributed by atoms with Gasteiger partial charge in [-0.1, -0.05) is 18.2 Å². The lowest BCUT2D eigenvalue weighted by molar-refractivity contribution is 0.0890. The van der Waals surface area contributed by atoms with E-state index in [1.54, 1.807) is 6.92 Å². The van der Waals surface area contributed by atoms with Crippen molar-refractivity contribution in [1.82, 2.24) is 15.2 Å². The second-order valence-electron chi connectivity index (χ2n) is 4.65. The van der Waals surface area contributed by atoms with Crippen molar-refractivity contribution in [3.05, 3.63) is 47.8 Å². The summed E-state index contributed by atoms with van der Waals surface area (Å²) in [6.45, 7) is 1.67. The Kier molecular flexibility index (Phi) is 3.31. The van der Waals surface area contributed by atoms with Crippen molar-refractivity contribution >= 4 is 17.0 Å². The van der Waals surface area contributed by atoms with E-state index in [0.29, 0.717) is 12.3 Å². The number of aromatic amines is 1. The Balaban J connectivity index is 1.92. The van der Waals surface area contributed by atoms with Crippen LogP contribution in [-0.4, -0.2) is 21.3 Å². The van der Waals surface area contributed by atoms with Gasteiger partial charge in [0, 0.05) is 30.4 Å². The van der Waals surface area contributed by atoms with E-state index < -0.39 is 12.2 Å². The molecule has 2 heterocycles. The molecule has 0 unspecified atom stereocenters. The Hall–Kier alpha value is -2.83. The number of aromatic nitrogens is 3. The number of para-hydroxylation sites is 1. The molecule has 7 heteroatoms. The third-order valence-electron chi connectivity index (χ3n) is 3.16. The predicted molar refractivity (Wildman–Crippen MR) is 74.4 cm³/mol. The quantitative estimate of drug-likeness (QED) is 0.764. The molecule has 0 radical (unpaired) electrons. The molecule has 0 aliphatic rings. The number of primary amides is 1. The summed E-state index contributed by atoms with van der Waals surface area (Å²) in [6.07, 6.45) is 0.679. The molecule has 3 aromatic rings. The maximum Gasteiger partial charge on any atom is 0.405 e. The van der Waals surface area contributed by atoms with Gasteiger partial charge in [-0.3, -0.25) is 0 Å². The number of carbonyl (C=O) groups is 1. The van der Waals surface area contributed by atoms with E-state index >= 15 is 0 Å². The highest BCUT2D eigenvalue weighted by molar-refractivity contribution is 5.83. The number of amides is 1. The molecule has 0 saturated carbocycles. The zero-order valence-electron chi connectivity index (χ0n) is 11.4. The van der Waals surface area contributed by atoms with Crippen LogP contribution in [0.25, 0.3) is 10.9 Å². The average molecular weight is 286 g/mol. The van der Waals surface area contributed by atoms with Gasteiger partial charge in [0.2, 0.25) is 5.89 Å². The fourth-order valence-electron chi connectivity index (χ4n) is 2.26. The van der Waals surface area contributed by atoms with Crippen LogP contribution in [-0.2, 0) is 11.2 Å². The molecule has 7 nitrogen and oxygen atoms in total. The van der Waals surface area contributed by atoms with Gasteiger partial charge in [0.25, 0.3) is 5.89 Å². The van der Waals surface area contributed by atoms with Gasteiger partial charge < -0.3 is 19.9 Å². The van der Waals surface area contributed by atoms with Crippen molar-refractivity contribution in [2.75, 3.05) is 0 Å². The molecule has 0 saturated heterocycles. The largest absolute Gasteiger partial charge is 0.436 e. The van der Waals surface area contributed by atoms with Crippen LogP contribution in [0.4, 0.5) is 4.79 Å². The van der Waals surface area contributed by atoms with Crippen LogP contribution < -0.4 is 5.73 Å². The highest BCUT2D eigenvalue weighted by Crippen LogP contribution is 2.26. The molecule has 3 rings (SSSR count). The van der Waals surface area contributed by atoms with Crippen LogP contribution >= 0.6 is 0 Å². The first-order chi connectivity index (χ1) is 10.1. The number of aryl methyl sites for hydroxylation is 1. The van der Waals surface area contributed by atoms with Crippen molar-refractivity contribution in [2.45, 2.75) is 19.4 Å². The number of benzene rings is 1. The van der Waals surface area contributed by atoms with Gasteiger partial charge in [-0.2, -0.15) is 0 Å². The normalized spacial score (nSPS) is 12.4. The minimum absolute atomic E-state index is 0.233. The highest BCUT2D eigenvalue weighted by atomic mass is 16.6. The van der Waals surface area contributed by atoms with Gasteiger partial charge in [0.1, 0.15) is 0 Å². The smallest absolute Gasteiger partial charge is 0.405 e. The van der Waals surface area contributed by atoms with Crippen LogP contribution in [0.2, 0.25) is 0 Å². The summed E-state index contributed by atoms with van der Waals surface area (Å²) in [5.41, 5.74) is 7.11. The topological polar surface area (TPSA) is 107 Å². The van der Waals surface area contributed by atoms with Crippen LogP contribution in [0.15, 0.2) is 34.9 Å². The van der Waals surface area contributed by atoms with E-state index in [-0.39, 0.29) is 5.89 Å². The van der Waals surface area contributed by atoms with Crippen molar-refractivity contribution in [2.24, 2.45) is 5.73 Å². The van der Waals surface area contributed by atoms with Gasteiger partial charge in [0.15, 0.2) is 6.10 Å². The first-order valence-corrected chi connectivity index (χ1v) is 6.44. The number of nitrogens with zero attached hydrogens (tertiary/aromatic N) is 2. The molecule has 0 bridgehead atoms. The molecular weight excluding hydrogens is 272 g/mol. The van der Waals surface area contributed by atoms with E-state index in [1.807, 2.05) is 30.5 Å². The van der Waals surface area contributed by atoms with E-state index in [2.05, 4.69) is 15.2 Å². The summed E-state index contributed by atoms with van der Waals surface area (Å²) in [5, 5.41) is 8.70. The summed E-state index contributed by atoms with van der Waals surface area (Å²) >= 11 is 0. The Labute approximate surface area is 120 Å². The first kappa shape index (κ1) is 13.2. The Morgan fingerprint density at radius 1 is 1.43 bits per heavy atom. The van der Waals surface area contributed by atoms with Gasteiger partial charge in [0.05, 0.1) is 0 Å². The summed E-state index contributed by atoms with van der Waals surface area (Å²) in [6, 6.07) is 7.85. The summed E-state index contributed by atoms with van der Waals surface area (Å²) < 4.78 is 10.4. The summed E-state index contributed by atoms with van der Waals surface area (Å²) in [5.74, 6) is 0.638. The van der Waals surface area contributed by atoms with Crippen molar-refractivity contribution in [3.8, 4) is 0 Å². The first-order valence-electron chi connectivity index (χ1n) is 6.44. The monoisotopic (exact) mass is 286 g/mol. The number of nitrogens with one attached hydrogen (secondary N) is 1. The maximum atomic E-state index is 11.1. The molecule has 2 aromatic heterocycles. The Morgan fingerprint density at radius 2 is 2.24 bits per heavy atom. The fourth-order valence-corrected chi connectivity index (χ4v) is 2.26. The lowest BCUT2D eigenvalue weighted by Gasteiger charge is -2.12. The molecule has 1 aromatic carbocycles. The molecule has 0 aliphatic carbocycles. The second kappa shape index (κ2) is 5.28. The number of H-pyrrole nitrogens is 1. The number of nitrogens with two attached hydrogens (primary N) is 1. The molecule has 0 fully saturated rings. The maximum absolute atomic E-state index is 11.1. The molecular formula is C14H14N4O3. The molecule has 3 N–H and O–H groups in total. The SMILES string of the molecule is Cc1nnc([C@H](Cc2c[nH]c3ccccc23)OC(N)=O)o1. The standard InChI is InChI=1S/C14H14N4O3/c1-8-17-18-13(20-8)12(21-14(15)19)6-9-7-16-11-5-3-2-4-10(9)11/h2-5,7,12,16H,6H2,1H3,(H2,15,19)/t12-/m0/s1. The molecule has 108 valence electrons. The molecule has 0 aliphatic heterocycles. The minimum atomic E-state index is -0.879. The third-order valence-corrected chi connectivity index (χ3v) is 3.16. The Morgan fingerprint density at radius 3 is 2.95 bits per heavy atom. The van der Waals surface area contributed by atoms with E-state index in [4.69, 9.17) is 14.9 Å². The Bertz CT molecular complexity index is 777. The minimum Gasteiger partial charge on any atom is -0.436 e. The molecule has 21 heavy (non-hydrogen) atoms. The van der Waals surface area contributed by atoms with Crippen molar-refractivity contribution in [3.63, 3.8) is 0 Å². The highest BCUT2D eigenvalue weighted by Gasteiger charge is 2.23.